The maximum absolute atomic E-state index is 14.1. The second-order valence-electron chi connectivity index (χ2n) is 11.9. The Morgan fingerprint density at radius 3 is 2.21 bits per heavy atom. The Morgan fingerprint density at radius 2 is 1.50 bits per heavy atom. The molecule has 1 atom stereocenters. The number of nitrogens with zero attached hydrogens (tertiary/aromatic N) is 5. The van der Waals surface area contributed by atoms with Crippen LogP contribution in [0.5, 0.6) is 17.2 Å². The zero-order valence-electron chi connectivity index (χ0n) is 28.1. The van der Waals surface area contributed by atoms with Gasteiger partial charge in [0.15, 0.2) is 11.0 Å². The summed E-state index contributed by atoms with van der Waals surface area (Å²) in [5, 5.41) is 17.2. The van der Waals surface area contributed by atoms with Crippen molar-refractivity contribution < 1.29 is 32.2 Å². The topological polar surface area (TPSA) is 91.1 Å². The summed E-state index contributed by atoms with van der Waals surface area (Å²) in [4.78, 5) is 14.1. The number of hydrogen-bond donors (Lipinski definition) is 0. The SMILES string of the molecule is COc1ccc(OCc2nnc(SCC(=O)N3N=C(c4ccc5ccccc5c4)CC3c3ccc(OC)cc3)n2-c2cccc(C(F)(F)F)c2)cc1. The molecule has 0 N–H and O–H groups in total. The number of alkyl halides is 3. The molecular formula is C39H32F3N5O4S. The summed E-state index contributed by atoms with van der Waals surface area (Å²) < 4.78 is 59.2. The zero-order chi connectivity index (χ0) is 36.2. The average Bonchev–Trinajstić information content (AvgIpc) is 3.81. The fraction of sp³-hybridized carbons (Fsp3) is 0.179. The lowest BCUT2D eigenvalue weighted by Crippen LogP contribution is -2.28. The molecule has 1 aromatic heterocycles. The predicted molar refractivity (Wildman–Crippen MR) is 192 cm³/mol. The summed E-state index contributed by atoms with van der Waals surface area (Å²) in [5.41, 5.74) is 1.89. The molecule has 0 saturated heterocycles. The minimum Gasteiger partial charge on any atom is -0.497 e. The molecule has 5 aromatic carbocycles. The van der Waals surface area contributed by atoms with Gasteiger partial charge < -0.3 is 14.2 Å². The van der Waals surface area contributed by atoms with Crippen molar-refractivity contribution >= 4 is 34.2 Å². The molecule has 0 spiro atoms. The van der Waals surface area contributed by atoms with E-state index in [1.165, 1.54) is 21.7 Å². The van der Waals surface area contributed by atoms with E-state index in [1.54, 1.807) is 38.5 Å². The van der Waals surface area contributed by atoms with E-state index in [2.05, 4.69) is 16.3 Å². The van der Waals surface area contributed by atoms with Gasteiger partial charge in [-0.15, -0.1) is 10.2 Å². The van der Waals surface area contributed by atoms with Gasteiger partial charge in [-0.2, -0.15) is 18.3 Å². The van der Waals surface area contributed by atoms with Crippen LogP contribution in [0.3, 0.4) is 0 Å². The first-order valence-electron chi connectivity index (χ1n) is 16.2. The summed E-state index contributed by atoms with van der Waals surface area (Å²) in [6, 6.07) is 33.0. The summed E-state index contributed by atoms with van der Waals surface area (Å²) in [5.74, 6) is 1.66. The number of carbonyl (C=O) groups is 1. The zero-order valence-corrected chi connectivity index (χ0v) is 28.9. The molecule has 9 nitrogen and oxygen atoms in total. The second kappa shape index (κ2) is 14.8. The molecule has 0 saturated carbocycles. The van der Waals surface area contributed by atoms with Gasteiger partial charge in [0.1, 0.15) is 23.9 Å². The molecule has 0 bridgehead atoms. The third kappa shape index (κ3) is 7.45. The van der Waals surface area contributed by atoms with Crippen molar-refractivity contribution in [3.8, 4) is 22.9 Å². The molecule has 1 aliphatic rings. The number of amides is 1. The van der Waals surface area contributed by atoms with Crippen LogP contribution in [-0.2, 0) is 17.6 Å². The number of rotatable bonds is 11. The van der Waals surface area contributed by atoms with E-state index in [0.717, 1.165) is 51.5 Å². The van der Waals surface area contributed by atoms with Gasteiger partial charge in [0.2, 0.25) is 0 Å². The third-order valence-electron chi connectivity index (χ3n) is 8.63. The number of aromatic nitrogens is 3. The third-order valence-corrected chi connectivity index (χ3v) is 9.55. The Bertz CT molecular complexity index is 2240. The Hall–Kier alpha value is -5.82. The van der Waals surface area contributed by atoms with Gasteiger partial charge in [-0.05, 0) is 82.6 Å². The lowest BCUT2D eigenvalue weighted by Gasteiger charge is -2.22. The van der Waals surface area contributed by atoms with E-state index < -0.39 is 17.8 Å². The fourth-order valence-electron chi connectivity index (χ4n) is 5.95. The van der Waals surface area contributed by atoms with Crippen LogP contribution < -0.4 is 14.2 Å². The lowest BCUT2D eigenvalue weighted by atomic mass is 9.97. The quantitative estimate of drug-likeness (QED) is 0.124. The number of hydrazone groups is 1. The Balaban J connectivity index is 1.18. The molecule has 52 heavy (non-hydrogen) atoms. The van der Waals surface area contributed by atoms with Crippen LogP contribution in [0.25, 0.3) is 16.5 Å². The molecule has 7 rings (SSSR count). The first kappa shape index (κ1) is 34.6. The number of fused-ring (bicyclic) bond motifs is 1. The standard InChI is InChI=1S/C39H32F3N5O4S/c1-49-31-14-12-26(13-15-31)35-22-34(28-11-10-25-6-3-4-7-27(25)20-28)45-47(35)37(48)24-52-38-44-43-36(23-51-33-18-16-32(50-2)17-19-33)46(38)30-9-5-8-29(21-30)39(40,41)42/h3-21,35H,22-24H2,1-2H3. The lowest BCUT2D eigenvalue weighted by molar-refractivity contribution is -0.137. The molecule has 13 heteroatoms. The summed E-state index contributed by atoms with van der Waals surface area (Å²) in [7, 11) is 3.14. The first-order chi connectivity index (χ1) is 25.2. The van der Waals surface area contributed by atoms with Crippen LogP contribution in [0.4, 0.5) is 13.2 Å². The smallest absolute Gasteiger partial charge is 0.416 e. The number of carbonyl (C=O) groups excluding carboxylic acids is 1. The molecular weight excluding hydrogens is 692 g/mol. The molecule has 0 aliphatic carbocycles. The summed E-state index contributed by atoms with van der Waals surface area (Å²) >= 11 is 1.06. The normalized spacial score (nSPS) is 14.4. The van der Waals surface area contributed by atoms with Gasteiger partial charge in [-0.1, -0.05) is 66.4 Å². The van der Waals surface area contributed by atoms with E-state index in [0.29, 0.717) is 23.7 Å². The number of methoxy groups -OCH3 is 2. The molecule has 0 radical (unpaired) electrons. The molecule has 1 unspecified atom stereocenters. The summed E-state index contributed by atoms with van der Waals surface area (Å²) in [6.07, 6.45) is -4.09. The maximum Gasteiger partial charge on any atom is 0.416 e. The van der Waals surface area contributed by atoms with Crippen LogP contribution in [0, 0.1) is 0 Å². The number of benzene rings is 5. The van der Waals surface area contributed by atoms with Crippen molar-refractivity contribution in [1.82, 2.24) is 19.8 Å². The minimum atomic E-state index is -4.57. The van der Waals surface area contributed by atoms with Gasteiger partial charge >= 0.3 is 6.18 Å². The van der Waals surface area contributed by atoms with E-state index >= 15 is 0 Å². The van der Waals surface area contributed by atoms with Crippen LogP contribution >= 0.6 is 11.8 Å². The Morgan fingerprint density at radius 1 is 0.808 bits per heavy atom. The van der Waals surface area contributed by atoms with Crippen molar-refractivity contribution in [1.29, 1.82) is 0 Å². The number of hydrogen-bond acceptors (Lipinski definition) is 8. The van der Waals surface area contributed by atoms with Crippen molar-refractivity contribution in [2.75, 3.05) is 20.0 Å². The monoisotopic (exact) mass is 723 g/mol. The number of thioether (sulfide) groups is 1. The highest BCUT2D eigenvalue weighted by molar-refractivity contribution is 7.99. The van der Waals surface area contributed by atoms with Gasteiger partial charge in [-0.3, -0.25) is 9.36 Å². The Kier molecular flexibility index (Phi) is 9.86. The van der Waals surface area contributed by atoms with E-state index in [1.807, 2.05) is 60.7 Å². The van der Waals surface area contributed by atoms with Crippen LogP contribution in [-0.4, -0.2) is 51.4 Å². The number of halogens is 3. The molecule has 0 fully saturated rings. The predicted octanol–water partition coefficient (Wildman–Crippen LogP) is 8.51. The minimum absolute atomic E-state index is 0.102. The first-order valence-corrected chi connectivity index (χ1v) is 17.2. The van der Waals surface area contributed by atoms with E-state index in [9.17, 15) is 18.0 Å². The number of ether oxygens (including phenoxy) is 3. The van der Waals surface area contributed by atoms with Crippen molar-refractivity contribution in [3.05, 3.63) is 138 Å². The largest absolute Gasteiger partial charge is 0.497 e. The van der Waals surface area contributed by atoms with E-state index in [-0.39, 0.29) is 34.9 Å². The van der Waals surface area contributed by atoms with Gasteiger partial charge in [0.05, 0.1) is 43.0 Å². The second-order valence-corrected chi connectivity index (χ2v) is 12.8. The molecule has 264 valence electrons. The van der Waals surface area contributed by atoms with Crippen LogP contribution in [0.1, 0.15) is 35.0 Å². The van der Waals surface area contributed by atoms with Crippen molar-refractivity contribution in [2.24, 2.45) is 5.10 Å². The van der Waals surface area contributed by atoms with Crippen molar-refractivity contribution in [3.63, 3.8) is 0 Å². The van der Waals surface area contributed by atoms with Crippen LogP contribution in [0.2, 0.25) is 0 Å². The van der Waals surface area contributed by atoms with Gasteiger partial charge in [-0.25, -0.2) is 5.01 Å². The molecule has 6 aromatic rings. The molecule has 1 aliphatic heterocycles. The molecule has 2 heterocycles. The highest BCUT2D eigenvalue weighted by atomic mass is 32.2. The Labute approximate surface area is 301 Å². The van der Waals surface area contributed by atoms with Gasteiger partial charge in [0, 0.05) is 6.42 Å². The average molecular weight is 724 g/mol. The fourth-order valence-corrected chi connectivity index (χ4v) is 6.77. The molecule has 1 amide bonds. The van der Waals surface area contributed by atoms with Crippen molar-refractivity contribution in [2.45, 2.75) is 30.4 Å². The highest BCUT2D eigenvalue weighted by Crippen LogP contribution is 2.36. The van der Waals surface area contributed by atoms with Gasteiger partial charge in [0.25, 0.3) is 5.91 Å². The summed E-state index contributed by atoms with van der Waals surface area (Å²) in [6.45, 7) is -0.102. The highest BCUT2D eigenvalue weighted by Gasteiger charge is 2.34. The van der Waals surface area contributed by atoms with Crippen LogP contribution in [0.15, 0.2) is 126 Å². The maximum atomic E-state index is 14.1. The van der Waals surface area contributed by atoms with E-state index in [4.69, 9.17) is 19.3 Å².